The number of anilines is 1. The highest BCUT2D eigenvalue weighted by atomic mass is 32.2. The molecule has 0 aromatic carbocycles. The van der Waals surface area contributed by atoms with Gasteiger partial charge < -0.3 is 10.3 Å². The van der Waals surface area contributed by atoms with Crippen molar-refractivity contribution in [2.24, 2.45) is 0 Å². The fourth-order valence-corrected chi connectivity index (χ4v) is 3.24. The van der Waals surface area contributed by atoms with Crippen molar-refractivity contribution in [3.63, 3.8) is 0 Å². The summed E-state index contributed by atoms with van der Waals surface area (Å²) in [4.78, 5) is 14.7. The van der Waals surface area contributed by atoms with E-state index in [1.165, 1.54) is 12.1 Å². The summed E-state index contributed by atoms with van der Waals surface area (Å²) in [6, 6.07) is 2.79. The fourth-order valence-electron chi connectivity index (χ4n) is 2.28. The SMILES string of the molecule is Nc1ccc([N+](=O)[O-])c(Sc2nnc3n2CCCCC3)n1. The molecule has 0 spiro atoms. The number of hydrogen-bond donors (Lipinski definition) is 1. The number of hydrogen-bond acceptors (Lipinski definition) is 7. The molecule has 9 heteroatoms. The number of pyridine rings is 1. The van der Waals surface area contributed by atoms with Crippen LogP contribution >= 0.6 is 11.8 Å². The Hall–Kier alpha value is -2.16. The maximum atomic E-state index is 11.1. The van der Waals surface area contributed by atoms with Gasteiger partial charge in [-0.2, -0.15) is 0 Å². The highest BCUT2D eigenvalue weighted by Crippen LogP contribution is 2.33. The lowest BCUT2D eigenvalue weighted by atomic mass is 10.2. The van der Waals surface area contributed by atoms with Crippen LogP contribution in [-0.4, -0.2) is 24.7 Å². The molecule has 0 saturated carbocycles. The highest BCUT2D eigenvalue weighted by Gasteiger charge is 2.21. The lowest BCUT2D eigenvalue weighted by Gasteiger charge is -2.06. The third kappa shape index (κ3) is 2.82. The number of nitrogens with two attached hydrogens (primary N) is 1. The van der Waals surface area contributed by atoms with Crippen LogP contribution in [-0.2, 0) is 13.0 Å². The Kier molecular flexibility index (Phi) is 3.74. The zero-order valence-electron chi connectivity index (χ0n) is 11.2. The minimum Gasteiger partial charge on any atom is -0.384 e. The van der Waals surface area contributed by atoms with E-state index in [4.69, 9.17) is 5.73 Å². The minimum absolute atomic E-state index is 0.0693. The molecule has 3 heterocycles. The molecule has 21 heavy (non-hydrogen) atoms. The van der Waals surface area contributed by atoms with Crippen molar-refractivity contribution >= 4 is 23.3 Å². The molecule has 8 nitrogen and oxygen atoms in total. The molecule has 2 aromatic heterocycles. The summed E-state index contributed by atoms with van der Waals surface area (Å²) >= 11 is 1.14. The van der Waals surface area contributed by atoms with Gasteiger partial charge in [0, 0.05) is 19.0 Å². The smallest absolute Gasteiger partial charge is 0.301 e. The number of nitrogens with zero attached hydrogens (tertiary/aromatic N) is 5. The highest BCUT2D eigenvalue weighted by molar-refractivity contribution is 7.99. The summed E-state index contributed by atoms with van der Waals surface area (Å²) in [6.45, 7) is 0.834. The van der Waals surface area contributed by atoms with Crippen molar-refractivity contribution in [1.82, 2.24) is 19.7 Å². The minimum atomic E-state index is -0.464. The van der Waals surface area contributed by atoms with Crippen LogP contribution in [0.4, 0.5) is 11.5 Å². The van der Waals surface area contributed by atoms with Gasteiger partial charge in [0.05, 0.1) is 4.92 Å². The summed E-state index contributed by atoms with van der Waals surface area (Å²) in [5.41, 5.74) is 5.56. The van der Waals surface area contributed by atoms with E-state index in [0.717, 1.165) is 49.8 Å². The van der Waals surface area contributed by atoms with Gasteiger partial charge in [-0.1, -0.05) is 6.42 Å². The first-order valence-electron chi connectivity index (χ1n) is 6.66. The van der Waals surface area contributed by atoms with Crippen LogP contribution in [0.1, 0.15) is 25.1 Å². The van der Waals surface area contributed by atoms with Crippen molar-refractivity contribution in [2.45, 2.75) is 42.4 Å². The topological polar surface area (TPSA) is 113 Å². The molecule has 110 valence electrons. The molecule has 0 amide bonds. The van der Waals surface area contributed by atoms with E-state index in [0.29, 0.717) is 5.16 Å². The van der Waals surface area contributed by atoms with Gasteiger partial charge in [0.1, 0.15) is 11.6 Å². The van der Waals surface area contributed by atoms with Crippen LogP contribution in [0, 0.1) is 10.1 Å². The van der Waals surface area contributed by atoms with E-state index in [2.05, 4.69) is 15.2 Å². The van der Waals surface area contributed by atoms with E-state index in [-0.39, 0.29) is 16.5 Å². The third-order valence-corrected chi connectivity index (χ3v) is 4.30. The molecular formula is C12H14N6O2S. The summed E-state index contributed by atoms with van der Waals surface area (Å²) in [6.07, 6.45) is 4.20. The van der Waals surface area contributed by atoms with Gasteiger partial charge in [-0.3, -0.25) is 10.1 Å². The number of fused-ring (bicyclic) bond motifs is 1. The quantitative estimate of drug-likeness (QED) is 0.681. The summed E-state index contributed by atoms with van der Waals surface area (Å²) in [5, 5.41) is 20.3. The van der Waals surface area contributed by atoms with Crippen LogP contribution in [0.25, 0.3) is 0 Å². The maximum Gasteiger partial charge on any atom is 0.301 e. The Morgan fingerprint density at radius 1 is 1.29 bits per heavy atom. The number of aryl methyl sites for hydroxylation is 1. The molecular weight excluding hydrogens is 292 g/mol. The van der Waals surface area contributed by atoms with Crippen LogP contribution in [0.15, 0.2) is 22.3 Å². The van der Waals surface area contributed by atoms with Gasteiger partial charge >= 0.3 is 5.69 Å². The van der Waals surface area contributed by atoms with Gasteiger partial charge in [-0.05, 0) is 30.7 Å². The molecule has 0 bridgehead atoms. The molecule has 2 aromatic rings. The standard InChI is InChI=1S/C12H14N6O2S/c13-9-6-5-8(18(19)20)11(14-9)21-12-16-15-10-4-2-1-3-7-17(10)12/h5-6H,1-4,7H2,(H2,13,14). The fraction of sp³-hybridized carbons (Fsp3) is 0.417. The number of nitro groups is 1. The van der Waals surface area contributed by atoms with E-state index in [9.17, 15) is 10.1 Å². The summed E-state index contributed by atoms with van der Waals surface area (Å²) < 4.78 is 2.02. The lowest BCUT2D eigenvalue weighted by molar-refractivity contribution is -0.388. The van der Waals surface area contributed by atoms with Crippen molar-refractivity contribution in [1.29, 1.82) is 0 Å². The lowest BCUT2D eigenvalue weighted by Crippen LogP contribution is -2.03. The first kappa shape index (κ1) is 13.8. The predicted molar refractivity (Wildman–Crippen MR) is 77.0 cm³/mol. The van der Waals surface area contributed by atoms with E-state index >= 15 is 0 Å². The van der Waals surface area contributed by atoms with Gasteiger partial charge in [0.15, 0.2) is 10.2 Å². The maximum absolute atomic E-state index is 11.1. The Bertz CT molecular complexity index is 686. The molecule has 1 aliphatic heterocycles. The zero-order valence-corrected chi connectivity index (χ0v) is 12.0. The Morgan fingerprint density at radius 3 is 2.95 bits per heavy atom. The second-order valence-corrected chi connectivity index (χ2v) is 5.74. The van der Waals surface area contributed by atoms with Gasteiger partial charge in [0.2, 0.25) is 0 Å². The van der Waals surface area contributed by atoms with Crippen molar-refractivity contribution in [3.05, 3.63) is 28.1 Å². The molecule has 0 saturated heterocycles. The van der Waals surface area contributed by atoms with Crippen molar-refractivity contribution < 1.29 is 4.92 Å². The third-order valence-electron chi connectivity index (χ3n) is 3.32. The first-order valence-corrected chi connectivity index (χ1v) is 7.47. The normalized spacial score (nSPS) is 14.5. The monoisotopic (exact) mass is 306 g/mol. The first-order chi connectivity index (χ1) is 10.1. The molecule has 0 fully saturated rings. The van der Waals surface area contributed by atoms with Crippen LogP contribution in [0.3, 0.4) is 0 Å². The van der Waals surface area contributed by atoms with Crippen molar-refractivity contribution in [3.8, 4) is 0 Å². The summed E-state index contributed by atoms with van der Waals surface area (Å²) in [5.74, 6) is 1.18. The molecule has 0 atom stereocenters. The average molecular weight is 306 g/mol. The van der Waals surface area contributed by atoms with Gasteiger partial charge in [-0.25, -0.2) is 4.98 Å². The largest absolute Gasteiger partial charge is 0.384 e. The second kappa shape index (κ2) is 5.68. The average Bonchev–Trinajstić information content (AvgIpc) is 2.68. The van der Waals surface area contributed by atoms with Gasteiger partial charge in [-0.15, -0.1) is 10.2 Å². The zero-order chi connectivity index (χ0) is 14.8. The van der Waals surface area contributed by atoms with E-state index in [1.807, 2.05) is 4.57 Å². The van der Waals surface area contributed by atoms with Gasteiger partial charge in [0.25, 0.3) is 0 Å². The van der Waals surface area contributed by atoms with Crippen LogP contribution < -0.4 is 5.73 Å². The molecule has 1 aliphatic rings. The van der Waals surface area contributed by atoms with E-state index < -0.39 is 4.92 Å². The number of rotatable bonds is 3. The number of aromatic nitrogens is 4. The Labute approximate surface area is 124 Å². The van der Waals surface area contributed by atoms with E-state index in [1.54, 1.807) is 0 Å². The molecule has 2 N–H and O–H groups in total. The molecule has 0 aliphatic carbocycles. The molecule has 3 rings (SSSR count). The second-order valence-electron chi connectivity index (χ2n) is 4.78. The summed E-state index contributed by atoms with van der Waals surface area (Å²) in [7, 11) is 0. The molecule has 0 unspecified atom stereocenters. The Balaban J connectivity index is 1.96. The number of nitrogen functional groups attached to an aromatic ring is 1. The van der Waals surface area contributed by atoms with Crippen LogP contribution in [0.2, 0.25) is 0 Å². The van der Waals surface area contributed by atoms with Crippen molar-refractivity contribution in [2.75, 3.05) is 5.73 Å². The molecule has 0 radical (unpaired) electrons. The predicted octanol–water partition coefficient (Wildman–Crippen LogP) is 2.04. The van der Waals surface area contributed by atoms with Crippen LogP contribution in [0.5, 0.6) is 0 Å². The Morgan fingerprint density at radius 2 is 2.14 bits per heavy atom.